The molecule has 0 atom stereocenters. The van der Waals surface area contributed by atoms with E-state index in [1.54, 1.807) is 0 Å². The zero-order valence-electron chi connectivity index (χ0n) is 9.03. The summed E-state index contributed by atoms with van der Waals surface area (Å²) in [6.07, 6.45) is 1.85. The van der Waals surface area contributed by atoms with Crippen molar-refractivity contribution in [3.63, 3.8) is 0 Å². The lowest BCUT2D eigenvalue weighted by Gasteiger charge is -2.29. The lowest BCUT2D eigenvalue weighted by Crippen LogP contribution is -2.43. The molecular formula is C10H18N2O3. The van der Waals surface area contributed by atoms with E-state index in [0.717, 1.165) is 13.1 Å². The van der Waals surface area contributed by atoms with Crippen LogP contribution in [0, 0.1) is 5.92 Å². The Labute approximate surface area is 89.4 Å². The van der Waals surface area contributed by atoms with Crippen LogP contribution in [0.5, 0.6) is 0 Å². The highest BCUT2D eigenvalue weighted by molar-refractivity contribution is 5.75. The van der Waals surface area contributed by atoms with E-state index in [1.807, 2.05) is 6.92 Å². The van der Waals surface area contributed by atoms with Gasteiger partial charge in [0.25, 0.3) is 0 Å². The number of carboxylic acid groups (broad SMARTS) is 1. The van der Waals surface area contributed by atoms with Crippen molar-refractivity contribution in [3.05, 3.63) is 0 Å². The molecule has 5 heteroatoms. The molecule has 2 N–H and O–H groups in total. The van der Waals surface area contributed by atoms with Crippen molar-refractivity contribution in [2.45, 2.75) is 26.2 Å². The smallest absolute Gasteiger partial charge is 0.306 e. The number of nitrogens with one attached hydrogen (secondary N) is 1. The molecule has 0 aliphatic carbocycles. The standard InChI is InChI=1S/C10H18N2O3/c1-2-9(13)11-7-12-5-3-8(4-6-12)10(14)15/h8H,2-7H2,1H3,(H,11,13)(H,14,15). The van der Waals surface area contributed by atoms with Crippen molar-refractivity contribution >= 4 is 11.9 Å². The molecule has 0 unspecified atom stereocenters. The molecule has 0 bridgehead atoms. The Kier molecular flexibility index (Phi) is 4.55. The van der Waals surface area contributed by atoms with E-state index < -0.39 is 5.97 Å². The van der Waals surface area contributed by atoms with E-state index in [4.69, 9.17) is 5.11 Å². The van der Waals surface area contributed by atoms with Crippen molar-refractivity contribution in [1.29, 1.82) is 0 Å². The minimum atomic E-state index is -0.702. The van der Waals surface area contributed by atoms with Gasteiger partial charge in [-0.3, -0.25) is 14.5 Å². The molecule has 5 nitrogen and oxygen atoms in total. The van der Waals surface area contributed by atoms with Gasteiger partial charge >= 0.3 is 5.97 Å². The van der Waals surface area contributed by atoms with Gasteiger partial charge in [0.1, 0.15) is 0 Å². The Morgan fingerprint density at radius 2 is 2.00 bits per heavy atom. The van der Waals surface area contributed by atoms with E-state index >= 15 is 0 Å². The second-order valence-corrected chi connectivity index (χ2v) is 3.84. The second kappa shape index (κ2) is 5.70. The maximum atomic E-state index is 11.0. The Morgan fingerprint density at radius 1 is 1.40 bits per heavy atom. The Bertz CT molecular complexity index is 235. The molecule has 1 fully saturated rings. The number of rotatable bonds is 4. The highest BCUT2D eigenvalue weighted by Gasteiger charge is 2.24. The van der Waals surface area contributed by atoms with Gasteiger partial charge in [-0.05, 0) is 12.8 Å². The van der Waals surface area contributed by atoms with Crippen LogP contribution in [0.3, 0.4) is 0 Å². The Hall–Kier alpha value is -1.10. The number of piperidine rings is 1. The van der Waals surface area contributed by atoms with E-state index in [1.165, 1.54) is 0 Å². The number of aliphatic carboxylic acids is 1. The van der Waals surface area contributed by atoms with Crippen molar-refractivity contribution < 1.29 is 14.7 Å². The van der Waals surface area contributed by atoms with E-state index in [-0.39, 0.29) is 11.8 Å². The minimum Gasteiger partial charge on any atom is -0.481 e. The van der Waals surface area contributed by atoms with Crippen LogP contribution in [0.25, 0.3) is 0 Å². The lowest BCUT2D eigenvalue weighted by molar-refractivity contribution is -0.143. The number of amides is 1. The number of hydrogen-bond donors (Lipinski definition) is 2. The summed E-state index contributed by atoms with van der Waals surface area (Å²) in [6, 6.07) is 0. The fourth-order valence-corrected chi connectivity index (χ4v) is 1.66. The molecule has 0 spiro atoms. The second-order valence-electron chi connectivity index (χ2n) is 3.84. The predicted molar refractivity (Wildman–Crippen MR) is 55.2 cm³/mol. The average molecular weight is 214 g/mol. The monoisotopic (exact) mass is 214 g/mol. The quantitative estimate of drug-likeness (QED) is 0.704. The van der Waals surface area contributed by atoms with Gasteiger partial charge in [-0.2, -0.15) is 0 Å². The van der Waals surface area contributed by atoms with Crippen molar-refractivity contribution in [3.8, 4) is 0 Å². The van der Waals surface area contributed by atoms with Gasteiger partial charge < -0.3 is 10.4 Å². The fraction of sp³-hybridized carbons (Fsp3) is 0.800. The summed E-state index contributed by atoms with van der Waals surface area (Å²) >= 11 is 0. The molecular weight excluding hydrogens is 196 g/mol. The first-order chi connectivity index (χ1) is 7.13. The zero-order valence-corrected chi connectivity index (χ0v) is 9.03. The number of carbonyl (C=O) groups is 2. The lowest BCUT2D eigenvalue weighted by atomic mass is 9.97. The largest absolute Gasteiger partial charge is 0.481 e. The number of hydrogen-bond acceptors (Lipinski definition) is 3. The Morgan fingerprint density at radius 3 is 2.47 bits per heavy atom. The van der Waals surface area contributed by atoms with Crippen LogP contribution in [-0.2, 0) is 9.59 Å². The minimum absolute atomic E-state index is 0.0374. The number of carboxylic acids is 1. The highest BCUT2D eigenvalue weighted by atomic mass is 16.4. The normalized spacial score (nSPS) is 18.7. The van der Waals surface area contributed by atoms with Gasteiger partial charge in [0, 0.05) is 19.5 Å². The average Bonchev–Trinajstić information content (AvgIpc) is 2.26. The first-order valence-electron chi connectivity index (χ1n) is 5.35. The molecule has 0 aromatic heterocycles. The van der Waals surface area contributed by atoms with E-state index in [0.29, 0.717) is 25.9 Å². The van der Waals surface area contributed by atoms with E-state index in [9.17, 15) is 9.59 Å². The maximum Gasteiger partial charge on any atom is 0.306 e. The third-order valence-corrected chi connectivity index (χ3v) is 2.76. The van der Waals surface area contributed by atoms with Gasteiger partial charge in [0.15, 0.2) is 0 Å². The molecule has 1 amide bonds. The van der Waals surface area contributed by atoms with Gasteiger partial charge in [-0.1, -0.05) is 6.92 Å². The summed E-state index contributed by atoms with van der Waals surface area (Å²) in [5, 5.41) is 11.6. The summed E-state index contributed by atoms with van der Waals surface area (Å²) < 4.78 is 0. The van der Waals surface area contributed by atoms with Crippen molar-refractivity contribution in [1.82, 2.24) is 10.2 Å². The zero-order chi connectivity index (χ0) is 11.3. The molecule has 1 aliphatic heterocycles. The third kappa shape index (κ3) is 3.87. The SMILES string of the molecule is CCC(=O)NCN1CCC(C(=O)O)CC1. The summed E-state index contributed by atoms with van der Waals surface area (Å²) in [6.45, 7) is 3.85. The van der Waals surface area contributed by atoms with Crippen molar-refractivity contribution in [2.75, 3.05) is 19.8 Å². The highest BCUT2D eigenvalue weighted by Crippen LogP contribution is 2.16. The maximum absolute atomic E-state index is 11.0. The molecule has 0 aromatic carbocycles. The van der Waals surface area contributed by atoms with Crippen LogP contribution in [0.2, 0.25) is 0 Å². The van der Waals surface area contributed by atoms with Gasteiger partial charge in [-0.15, -0.1) is 0 Å². The van der Waals surface area contributed by atoms with Crippen LogP contribution in [0.15, 0.2) is 0 Å². The molecule has 0 saturated carbocycles. The topological polar surface area (TPSA) is 69.6 Å². The molecule has 15 heavy (non-hydrogen) atoms. The molecule has 0 aromatic rings. The molecule has 0 radical (unpaired) electrons. The van der Waals surface area contributed by atoms with Crippen LogP contribution in [-0.4, -0.2) is 41.6 Å². The van der Waals surface area contributed by atoms with Gasteiger partial charge in [0.05, 0.1) is 12.6 Å². The van der Waals surface area contributed by atoms with Gasteiger partial charge in [0.2, 0.25) is 5.91 Å². The first-order valence-corrected chi connectivity index (χ1v) is 5.35. The fourth-order valence-electron chi connectivity index (χ4n) is 1.66. The predicted octanol–water partition coefficient (Wildman–Crippen LogP) is 0.267. The first kappa shape index (κ1) is 12.0. The summed E-state index contributed by atoms with van der Waals surface area (Å²) in [5.41, 5.74) is 0. The molecule has 1 aliphatic rings. The Balaban J connectivity index is 2.20. The summed E-state index contributed by atoms with van der Waals surface area (Å²) in [4.78, 5) is 23.8. The number of likely N-dealkylation sites (tertiary alicyclic amines) is 1. The summed E-state index contributed by atoms with van der Waals surface area (Å²) in [5.74, 6) is -0.870. The number of nitrogens with zero attached hydrogens (tertiary/aromatic N) is 1. The molecule has 86 valence electrons. The summed E-state index contributed by atoms with van der Waals surface area (Å²) in [7, 11) is 0. The molecule has 1 rings (SSSR count). The van der Waals surface area contributed by atoms with Gasteiger partial charge in [-0.25, -0.2) is 0 Å². The third-order valence-electron chi connectivity index (χ3n) is 2.76. The van der Waals surface area contributed by atoms with E-state index in [2.05, 4.69) is 10.2 Å². The molecule has 1 saturated heterocycles. The molecule has 1 heterocycles. The van der Waals surface area contributed by atoms with Crippen LogP contribution in [0.1, 0.15) is 26.2 Å². The number of carbonyl (C=O) groups excluding carboxylic acids is 1. The van der Waals surface area contributed by atoms with Crippen LogP contribution in [0.4, 0.5) is 0 Å². The van der Waals surface area contributed by atoms with Crippen LogP contribution < -0.4 is 5.32 Å². The van der Waals surface area contributed by atoms with Crippen LogP contribution >= 0.6 is 0 Å². The van der Waals surface area contributed by atoms with Crippen molar-refractivity contribution in [2.24, 2.45) is 5.92 Å².